The summed E-state index contributed by atoms with van der Waals surface area (Å²) in [7, 11) is 1.43. The predicted octanol–water partition coefficient (Wildman–Crippen LogP) is 5.39. The van der Waals surface area contributed by atoms with E-state index >= 15 is 0 Å². The smallest absolute Gasteiger partial charge is 0.257 e. The van der Waals surface area contributed by atoms with Crippen molar-refractivity contribution < 1.29 is 23.5 Å². The van der Waals surface area contributed by atoms with Gasteiger partial charge in [0, 0.05) is 30.4 Å². The van der Waals surface area contributed by atoms with E-state index in [1.165, 1.54) is 25.3 Å². The summed E-state index contributed by atoms with van der Waals surface area (Å²) in [6, 6.07) is 19.9. The predicted molar refractivity (Wildman–Crippen MR) is 149 cm³/mol. The minimum absolute atomic E-state index is 0.163. The topological polar surface area (TPSA) is 87.7 Å². The highest BCUT2D eigenvalue weighted by atomic mass is 19.1. The molecule has 3 aromatic carbocycles. The average Bonchev–Trinajstić information content (AvgIpc) is 2.97. The number of carbonyl (C=O) groups is 3. The van der Waals surface area contributed by atoms with Gasteiger partial charge in [-0.25, -0.2) is 4.39 Å². The highest BCUT2D eigenvalue weighted by Crippen LogP contribution is 2.31. The second kappa shape index (κ2) is 13.0. The van der Waals surface area contributed by atoms with Crippen LogP contribution < -0.4 is 15.4 Å². The Bertz CT molecular complexity index is 1290. The molecule has 1 atom stereocenters. The Labute approximate surface area is 228 Å². The fourth-order valence-corrected chi connectivity index (χ4v) is 4.88. The molecular weight excluding hydrogens is 497 g/mol. The molecule has 0 spiro atoms. The van der Waals surface area contributed by atoms with Crippen LogP contribution in [0.25, 0.3) is 0 Å². The van der Waals surface area contributed by atoms with Gasteiger partial charge in [-0.15, -0.1) is 0 Å². The standard InChI is InChI=1S/C31H34FN3O4/c1-3-7-27(34-29(36)23-8-5-4-6-9-23)30(37)33-25-13-10-21(11-14-25)22-16-18-35(19-17-22)31(38)26-15-12-24(32)20-28(26)39-2/h4-6,8-15,20,22,27H,3,7,16-19H2,1-2H3,(H,33,37)(H,34,36)/t27-/m0/s1. The molecule has 0 unspecified atom stereocenters. The van der Waals surface area contributed by atoms with Gasteiger partial charge in [-0.2, -0.15) is 0 Å². The Morgan fingerprint density at radius 1 is 1.00 bits per heavy atom. The lowest BCUT2D eigenvalue weighted by atomic mass is 9.89. The van der Waals surface area contributed by atoms with Crippen LogP contribution in [0.5, 0.6) is 5.75 Å². The molecular formula is C31H34FN3O4. The van der Waals surface area contributed by atoms with Gasteiger partial charge in [-0.3, -0.25) is 14.4 Å². The van der Waals surface area contributed by atoms with Gasteiger partial charge in [0.25, 0.3) is 11.8 Å². The maximum Gasteiger partial charge on any atom is 0.257 e. The molecule has 1 aliphatic heterocycles. The van der Waals surface area contributed by atoms with Crippen molar-refractivity contribution in [2.45, 2.75) is 44.6 Å². The van der Waals surface area contributed by atoms with Gasteiger partial charge in [0.1, 0.15) is 17.6 Å². The van der Waals surface area contributed by atoms with Crippen LogP contribution in [0.2, 0.25) is 0 Å². The van der Waals surface area contributed by atoms with Gasteiger partial charge in [0.2, 0.25) is 5.91 Å². The molecule has 4 rings (SSSR count). The van der Waals surface area contributed by atoms with Crippen molar-refractivity contribution in [2.24, 2.45) is 0 Å². The molecule has 0 bridgehead atoms. The Balaban J connectivity index is 1.32. The molecule has 204 valence electrons. The van der Waals surface area contributed by atoms with Crippen molar-refractivity contribution in [1.82, 2.24) is 10.2 Å². The van der Waals surface area contributed by atoms with Crippen LogP contribution in [-0.2, 0) is 4.79 Å². The van der Waals surface area contributed by atoms with Crippen molar-refractivity contribution in [2.75, 3.05) is 25.5 Å². The summed E-state index contributed by atoms with van der Waals surface area (Å²) in [5.41, 5.74) is 2.68. The third-order valence-electron chi connectivity index (χ3n) is 7.06. The van der Waals surface area contributed by atoms with Crippen molar-refractivity contribution >= 4 is 23.4 Å². The Kier molecular flexibility index (Phi) is 9.31. The first-order valence-corrected chi connectivity index (χ1v) is 13.3. The van der Waals surface area contributed by atoms with Crippen molar-refractivity contribution in [3.8, 4) is 5.75 Å². The summed E-state index contributed by atoms with van der Waals surface area (Å²) in [6.45, 7) is 3.14. The van der Waals surface area contributed by atoms with Crippen LogP contribution in [0.4, 0.5) is 10.1 Å². The van der Waals surface area contributed by atoms with Crippen LogP contribution in [0.1, 0.15) is 64.8 Å². The van der Waals surface area contributed by atoms with Gasteiger partial charge < -0.3 is 20.3 Å². The van der Waals surface area contributed by atoms with Crippen molar-refractivity contribution in [3.05, 3.63) is 95.3 Å². The molecule has 1 saturated heterocycles. The number of nitrogens with one attached hydrogen (secondary N) is 2. The maximum absolute atomic E-state index is 13.5. The van der Waals surface area contributed by atoms with Crippen LogP contribution in [0.3, 0.4) is 0 Å². The number of likely N-dealkylation sites (tertiary alicyclic amines) is 1. The molecule has 1 fully saturated rings. The van der Waals surface area contributed by atoms with E-state index in [2.05, 4.69) is 10.6 Å². The monoisotopic (exact) mass is 531 g/mol. The second-order valence-corrected chi connectivity index (χ2v) is 9.70. The summed E-state index contributed by atoms with van der Waals surface area (Å²) in [5, 5.41) is 5.77. The number of ether oxygens (including phenoxy) is 1. The number of nitrogens with zero attached hydrogens (tertiary/aromatic N) is 1. The zero-order valence-corrected chi connectivity index (χ0v) is 22.3. The van der Waals surface area contributed by atoms with E-state index < -0.39 is 11.9 Å². The Morgan fingerprint density at radius 2 is 1.69 bits per heavy atom. The van der Waals surface area contributed by atoms with Crippen molar-refractivity contribution in [1.29, 1.82) is 0 Å². The summed E-state index contributed by atoms with van der Waals surface area (Å²) >= 11 is 0. The average molecular weight is 532 g/mol. The van der Waals surface area contributed by atoms with Gasteiger partial charge in [0.15, 0.2) is 0 Å². The number of hydrogen-bond acceptors (Lipinski definition) is 4. The highest BCUT2D eigenvalue weighted by molar-refractivity contribution is 6.01. The highest BCUT2D eigenvalue weighted by Gasteiger charge is 2.27. The SMILES string of the molecule is CCC[C@H](NC(=O)c1ccccc1)C(=O)Nc1ccc(C2CCN(C(=O)c3ccc(F)cc3OC)CC2)cc1. The first-order chi connectivity index (χ1) is 18.9. The van der Waals surface area contributed by atoms with Crippen LogP contribution in [-0.4, -0.2) is 48.9 Å². The molecule has 0 radical (unpaired) electrons. The number of carbonyl (C=O) groups excluding carboxylic acids is 3. The number of methoxy groups -OCH3 is 1. The Morgan fingerprint density at radius 3 is 2.33 bits per heavy atom. The van der Waals surface area contributed by atoms with E-state index in [1.54, 1.807) is 29.2 Å². The van der Waals surface area contributed by atoms with E-state index in [0.29, 0.717) is 36.3 Å². The fourth-order valence-electron chi connectivity index (χ4n) is 4.88. The van der Waals surface area contributed by atoms with Crippen LogP contribution in [0.15, 0.2) is 72.8 Å². The lowest BCUT2D eigenvalue weighted by Crippen LogP contribution is -2.43. The normalized spacial score (nSPS) is 14.4. The van der Waals surface area contributed by atoms with Crippen LogP contribution >= 0.6 is 0 Å². The molecule has 8 heteroatoms. The summed E-state index contributed by atoms with van der Waals surface area (Å²) in [6.07, 6.45) is 2.88. The lowest BCUT2D eigenvalue weighted by Gasteiger charge is -2.32. The van der Waals surface area contributed by atoms with Gasteiger partial charge in [-0.1, -0.05) is 43.7 Å². The molecule has 7 nitrogen and oxygen atoms in total. The van der Waals surface area contributed by atoms with E-state index in [0.717, 1.165) is 24.8 Å². The van der Waals surface area contributed by atoms with Gasteiger partial charge in [0.05, 0.1) is 12.7 Å². The molecule has 1 heterocycles. The fraction of sp³-hybridized carbons (Fsp3) is 0.323. The molecule has 39 heavy (non-hydrogen) atoms. The number of piperidine rings is 1. The summed E-state index contributed by atoms with van der Waals surface area (Å²) in [5.74, 6) is -0.615. The van der Waals surface area contributed by atoms with E-state index in [1.807, 2.05) is 37.3 Å². The van der Waals surface area contributed by atoms with Gasteiger partial charge in [-0.05, 0) is 67.1 Å². The number of halogens is 1. The first kappa shape index (κ1) is 27.8. The zero-order valence-electron chi connectivity index (χ0n) is 22.3. The Hall–Kier alpha value is -4.20. The zero-order chi connectivity index (χ0) is 27.8. The van der Waals surface area contributed by atoms with E-state index in [-0.39, 0.29) is 29.4 Å². The second-order valence-electron chi connectivity index (χ2n) is 9.70. The molecule has 3 aromatic rings. The number of amides is 3. The molecule has 1 aliphatic rings. The van der Waals surface area contributed by atoms with Crippen molar-refractivity contribution in [3.63, 3.8) is 0 Å². The van der Waals surface area contributed by atoms with Gasteiger partial charge >= 0.3 is 0 Å². The number of anilines is 1. The maximum atomic E-state index is 13.5. The molecule has 0 aromatic heterocycles. The molecule has 0 saturated carbocycles. The minimum atomic E-state index is -0.635. The largest absolute Gasteiger partial charge is 0.496 e. The third-order valence-corrected chi connectivity index (χ3v) is 7.06. The van der Waals surface area contributed by atoms with E-state index in [9.17, 15) is 18.8 Å². The molecule has 3 amide bonds. The number of rotatable bonds is 9. The quantitative estimate of drug-likeness (QED) is 0.388. The molecule has 2 N–H and O–H groups in total. The number of benzene rings is 3. The third kappa shape index (κ3) is 7.02. The minimum Gasteiger partial charge on any atom is -0.496 e. The number of hydrogen-bond donors (Lipinski definition) is 2. The first-order valence-electron chi connectivity index (χ1n) is 13.3. The lowest BCUT2D eigenvalue weighted by molar-refractivity contribution is -0.118. The summed E-state index contributed by atoms with van der Waals surface area (Å²) in [4.78, 5) is 40.3. The molecule has 0 aliphatic carbocycles. The summed E-state index contributed by atoms with van der Waals surface area (Å²) < 4.78 is 18.7. The van der Waals surface area contributed by atoms with E-state index in [4.69, 9.17) is 4.74 Å². The van der Waals surface area contributed by atoms with Crippen LogP contribution in [0, 0.1) is 5.82 Å².